The monoisotopic (exact) mass is 389 g/mol. The van der Waals surface area contributed by atoms with E-state index in [2.05, 4.69) is 45.5 Å². The average Bonchev–Trinajstić information content (AvgIpc) is 3.32. The first-order valence-electron chi connectivity index (χ1n) is 8.90. The fourth-order valence-corrected chi connectivity index (χ4v) is 3.69. The second-order valence-corrected chi connectivity index (χ2v) is 7.31. The molecular weight excluding hydrogens is 370 g/mol. The molecule has 1 aromatic carbocycles. The Morgan fingerprint density at radius 3 is 2.89 bits per heavy atom. The van der Waals surface area contributed by atoms with Crippen molar-refractivity contribution in [1.29, 1.82) is 0 Å². The van der Waals surface area contributed by atoms with Crippen molar-refractivity contribution in [2.75, 3.05) is 5.32 Å². The molecule has 0 saturated heterocycles. The Morgan fingerprint density at radius 1 is 1.14 bits per heavy atom. The quantitative estimate of drug-likeness (QED) is 0.542. The SMILES string of the molecule is Cc1cccc(Cn2nccc2NC(=O)Cc2csc(-c3ccccn3)n2)c1. The average molecular weight is 389 g/mol. The zero-order chi connectivity index (χ0) is 19.3. The maximum Gasteiger partial charge on any atom is 0.231 e. The lowest BCUT2D eigenvalue weighted by atomic mass is 10.1. The third-order valence-electron chi connectivity index (χ3n) is 4.18. The standard InChI is InChI=1S/C21H19N5OS/c1-15-5-4-6-16(11-15)13-26-19(8-10-23-26)25-20(27)12-17-14-28-21(24-17)18-7-2-3-9-22-18/h2-11,14H,12-13H2,1H3,(H,25,27). The molecule has 0 aliphatic heterocycles. The Kier molecular flexibility index (Phi) is 5.25. The molecule has 0 aliphatic rings. The van der Waals surface area contributed by atoms with Crippen LogP contribution in [-0.2, 0) is 17.8 Å². The van der Waals surface area contributed by atoms with Crippen LogP contribution in [0.25, 0.3) is 10.7 Å². The summed E-state index contributed by atoms with van der Waals surface area (Å²) in [4.78, 5) is 21.3. The summed E-state index contributed by atoms with van der Waals surface area (Å²) in [5, 5.41) is 9.97. The van der Waals surface area contributed by atoms with Gasteiger partial charge in [-0.05, 0) is 24.6 Å². The lowest BCUT2D eigenvalue weighted by Gasteiger charge is -2.09. The van der Waals surface area contributed by atoms with Crippen molar-refractivity contribution in [3.8, 4) is 10.7 Å². The van der Waals surface area contributed by atoms with Crippen LogP contribution in [0.1, 0.15) is 16.8 Å². The number of aromatic nitrogens is 4. The van der Waals surface area contributed by atoms with E-state index >= 15 is 0 Å². The number of benzene rings is 1. The number of amides is 1. The van der Waals surface area contributed by atoms with E-state index in [1.807, 2.05) is 29.6 Å². The third kappa shape index (κ3) is 4.32. The first-order valence-corrected chi connectivity index (χ1v) is 9.78. The molecule has 1 amide bonds. The second kappa shape index (κ2) is 8.14. The normalized spacial score (nSPS) is 10.8. The Labute approximate surface area is 166 Å². The second-order valence-electron chi connectivity index (χ2n) is 6.45. The lowest BCUT2D eigenvalue weighted by molar-refractivity contribution is -0.115. The van der Waals surface area contributed by atoms with E-state index in [1.165, 1.54) is 16.9 Å². The molecule has 0 aliphatic carbocycles. The summed E-state index contributed by atoms with van der Waals surface area (Å²) in [7, 11) is 0. The summed E-state index contributed by atoms with van der Waals surface area (Å²) in [6, 6.07) is 15.7. The topological polar surface area (TPSA) is 72.7 Å². The smallest absolute Gasteiger partial charge is 0.231 e. The molecule has 0 bridgehead atoms. The van der Waals surface area contributed by atoms with Gasteiger partial charge in [0, 0.05) is 17.6 Å². The highest BCUT2D eigenvalue weighted by Gasteiger charge is 2.12. The van der Waals surface area contributed by atoms with Crippen molar-refractivity contribution in [1.82, 2.24) is 19.7 Å². The fourth-order valence-electron chi connectivity index (χ4n) is 2.89. The molecule has 140 valence electrons. The van der Waals surface area contributed by atoms with Crippen LogP contribution in [0.5, 0.6) is 0 Å². The molecule has 28 heavy (non-hydrogen) atoms. The summed E-state index contributed by atoms with van der Waals surface area (Å²) < 4.78 is 1.78. The van der Waals surface area contributed by atoms with Crippen LogP contribution in [-0.4, -0.2) is 25.7 Å². The molecule has 0 fully saturated rings. The predicted octanol–water partition coefficient (Wildman–Crippen LogP) is 3.94. The van der Waals surface area contributed by atoms with Gasteiger partial charge in [0.2, 0.25) is 5.91 Å². The summed E-state index contributed by atoms with van der Waals surface area (Å²) in [6.45, 7) is 2.66. The molecule has 6 nitrogen and oxygen atoms in total. The number of anilines is 1. The molecule has 4 rings (SSSR count). The highest BCUT2D eigenvalue weighted by molar-refractivity contribution is 7.13. The number of hydrogen-bond acceptors (Lipinski definition) is 5. The molecule has 0 atom stereocenters. The van der Waals surface area contributed by atoms with Crippen molar-refractivity contribution in [3.05, 3.63) is 83.1 Å². The fraction of sp³-hybridized carbons (Fsp3) is 0.143. The minimum Gasteiger partial charge on any atom is -0.311 e. The van der Waals surface area contributed by atoms with Crippen molar-refractivity contribution in [3.63, 3.8) is 0 Å². The van der Waals surface area contributed by atoms with Gasteiger partial charge >= 0.3 is 0 Å². The Morgan fingerprint density at radius 2 is 2.07 bits per heavy atom. The first-order chi connectivity index (χ1) is 13.7. The van der Waals surface area contributed by atoms with Crippen molar-refractivity contribution < 1.29 is 4.79 Å². The number of thiazole rings is 1. The lowest BCUT2D eigenvalue weighted by Crippen LogP contribution is -2.18. The predicted molar refractivity (Wildman–Crippen MR) is 110 cm³/mol. The van der Waals surface area contributed by atoms with Gasteiger partial charge in [-0.25, -0.2) is 9.67 Å². The number of nitrogens with zero attached hydrogens (tertiary/aromatic N) is 4. The van der Waals surface area contributed by atoms with Crippen LogP contribution in [0.4, 0.5) is 5.82 Å². The molecule has 4 aromatic rings. The third-order valence-corrected chi connectivity index (χ3v) is 5.09. The number of carbonyl (C=O) groups is 1. The van der Waals surface area contributed by atoms with Gasteiger partial charge in [0.05, 0.1) is 30.6 Å². The Hall–Kier alpha value is -3.32. The van der Waals surface area contributed by atoms with Gasteiger partial charge in [0.25, 0.3) is 0 Å². The number of nitrogens with one attached hydrogen (secondary N) is 1. The minimum atomic E-state index is -0.121. The molecule has 3 aromatic heterocycles. The molecule has 0 unspecified atom stereocenters. The van der Waals surface area contributed by atoms with Crippen molar-refractivity contribution >= 4 is 23.1 Å². The van der Waals surface area contributed by atoms with Crippen LogP contribution in [0.2, 0.25) is 0 Å². The van der Waals surface area contributed by atoms with Crippen molar-refractivity contribution in [2.45, 2.75) is 19.9 Å². The maximum absolute atomic E-state index is 12.5. The van der Waals surface area contributed by atoms with Crippen LogP contribution in [0.15, 0.2) is 66.3 Å². The highest BCUT2D eigenvalue weighted by atomic mass is 32.1. The zero-order valence-electron chi connectivity index (χ0n) is 15.4. The van der Waals surface area contributed by atoms with Crippen LogP contribution in [0, 0.1) is 6.92 Å². The number of hydrogen-bond donors (Lipinski definition) is 1. The number of rotatable bonds is 6. The molecular formula is C21H19N5OS. The number of aryl methyl sites for hydroxylation is 1. The van der Waals surface area contributed by atoms with E-state index in [-0.39, 0.29) is 12.3 Å². The van der Waals surface area contributed by atoms with Crippen LogP contribution in [0.3, 0.4) is 0 Å². The Bertz CT molecular complexity index is 1090. The summed E-state index contributed by atoms with van der Waals surface area (Å²) in [5.74, 6) is 0.551. The van der Waals surface area contributed by atoms with E-state index in [0.717, 1.165) is 22.0 Å². The van der Waals surface area contributed by atoms with Gasteiger partial charge in [0.1, 0.15) is 10.8 Å². The molecule has 0 saturated carbocycles. The number of carbonyl (C=O) groups excluding carboxylic acids is 1. The molecule has 0 spiro atoms. The van der Waals surface area contributed by atoms with E-state index < -0.39 is 0 Å². The molecule has 7 heteroatoms. The Balaban J connectivity index is 1.41. The van der Waals surface area contributed by atoms with E-state index in [9.17, 15) is 4.79 Å². The zero-order valence-corrected chi connectivity index (χ0v) is 16.2. The van der Waals surface area contributed by atoms with E-state index in [4.69, 9.17) is 0 Å². The highest BCUT2D eigenvalue weighted by Crippen LogP contribution is 2.21. The first kappa shape index (κ1) is 18.1. The van der Waals surface area contributed by atoms with E-state index in [0.29, 0.717) is 12.4 Å². The van der Waals surface area contributed by atoms with Crippen LogP contribution >= 0.6 is 11.3 Å². The van der Waals surface area contributed by atoms with Gasteiger partial charge in [-0.3, -0.25) is 9.78 Å². The van der Waals surface area contributed by atoms with Gasteiger partial charge in [-0.1, -0.05) is 35.9 Å². The van der Waals surface area contributed by atoms with E-state index in [1.54, 1.807) is 23.1 Å². The summed E-state index contributed by atoms with van der Waals surface area (Å²) in [6.07, 6.45) is 3.63. The summed E-state index contributed by atoms with van der Waals surface area (Å²) >= 11 is 1.49. The molecule has 1 N–H and O–H groups in total. The van der Waals surface area contributed by atoms with Gasteiger partial charge < -0.3 is 5.32 Å². The van der Waals surface area contributed by atoms with Gasteiger partial charge in [-0.2, -0.15) is 5.10 Å². The van der Waals surface area contributed by atoms with Gasteiger partial charge in [-0.15, -0.1) is 11.3 Å². The minimum absolute atomic E-state index is 0.121. The molecule has 3 heterocycles. The summed E-state index contributed by atoms with van der Waals surface area (Å²) in [5.41, 5.74) is 3.88. The largest absolute Gasteiger partial charge is 0.311 e. The maximum atomic E-state index is 12.5. The number of pyridine rings is 1. The molecule has 0 radical (unpaired) electrons. The van der Waals surface area contributed by atoms with Crippen LogP contribution < -0.4 is 5.32 Å². The van der Waals surface area contributed by atoms with Crippen molar-refractivity contribution in [2.24, 2.45) is 0 Å². The van der Waals surface area contributed by atoms with Gasteiger partial charge in [0.15, 0.2) is 0 Å².